The molecule has 3 rings (SSSR count). The molecule has 1 aliphatic rings. The van der Waals surface area contributed by atoms with Gasteiger partial charge in [0, 0.05) is 31.3 Å². The summed E-state index contributed by atoms with van der Waals surface area (Å²) in [6.45, 7) is 0.838. The molecule has 0 saturated carbocycles. The highest BCUT2D eigenvalue weighted by Gasteiger charge is 2.29. The number of benzene rings is 1. The third-order valence-electron chi connectivity index (χ3n) is 4.64. The SMILES string of the molecule is COc1ccc(OCc2cc(C(=O)N3CCCC[C@H]3CCO)no2)c(Cl)c1. The number of halogens is 1. The van der Waals surface area contributed by atoms with Gasteiger partial charge in [-0.2, -0.15) is 0 Å². The molecule has 1 aromatic heterocycles. The zero-order chi connectivity index (χ0) is 19.2. The van der Waals surface area contributed by atoms with Crippen molar-refractivity contribution < 1.29 is 23.9 Å². The molecule has 1 aromatic carbocycles. The predicted octanol–water partition coefficient (Wildman–Crippen LogP) is 3.29. The Labute approximate surface area is 162 Å². The van der Waals surface area contributed by atoms with Crippen LogP contribution in [0, 0.1) is 0 Å². The second kappa shape index (κ2) is 9.10. The van der Waals surface area contributed by atoms with Gasteiger partial charge in [-0.15, -0.1) is 0 Å². The lowest BCUT2D eigenvalue weighted by Gasteiger charge is -2.34. The number of carbonyl (C=O) groups is 1. The molecule has 0 aliphatic carbocycles. The molecule has 0 bridgehead atoms. The van der Waals surface area contributed by atoms with Gasteiger partial charge in [0.15, 0.2) is 11.5 Å². The first kappa shape index (κ1) is 19.5. The Morgan fingerprint density at radius 2 is 2.26 bits per heavy atom. The fraction of sp³-hybridized carbons (Fsp3) is 0.474. The number of carbonyl (C=O) groups excluding carboxylic acids is 1. The summed E-state index contributed by atoms with van der Waals surface area (Å²) < 4.78 is 16.0. The van der Waals surface area contributed by atoms with E-state index in [1.54, 1.807) is 36.3 Å². The lowest BCUT2D eigenvalue weighted by molar-refractivity contribution is 0.0564. The summed E-state index contributed by atoms with van der Waals surface area (Å²) in [5.41, 5.74) is 0.249. The number of aliphatic hydroxyl groups is 1. The number of methoxy groups -OCH3 is 1. The standard InChI is InChI=1S/C19H23ClN2O5/c1-25-14-5-6-18(16(20)10-14)26-12-15-11-17(21-27-15)19(24)22-8-3-2-4-13(22)7-9-23/h5-6,10-11,13,23H,2-4,7-9,12H2,1H3/t13-/m0/s1. The summed E-state index contributed by atoms with van der Waals surface area (Å²) in [5.74, 6) is 1.38. The number of likely N-dealkylation sites (tertiary alicyclic amines) is 1. The Morgan fingerprint density at radius 3 is 3.00 bits per heavy atom. The minimum atomic E-state index is -0.175. The van der Waals surface area contributed by atoms with Crippen molar-refractivity contribution in [3.05, 3.63) is 40.7 Å². The van der Waals surface area contributed by atoms with E-state index in [2.05, 4.69) is 5.16 Å². The maximum atomic E-state index is 12.7. The highest BCUT2D eigenvalue weighted by atomic mass is 35.5. The summed E-state index contributed by atoms with van der Waals surface area (Å²) in [6, 6.07) is 6.74. The van der Waals surface area contributed by atoms with Crippen molar-refractivity contribution in [2.45, 2.75) is 38.3 Å². The molecule has 1 amide bonds. The highest BCUT2D eigenvalue weighted by Crippen LogP contribution is 2.29. The van der Waals surface area contributed by atoms with E-state index in [0.29, 0.717) is 35.2 Å². The van der Waals surface area contributed by atoms with Crippen molar-refractivity contribution in [2.24, 2.45) is 0 Å². The first-order chi connectivity index (χ1) is 13.1. The summed E-state index contributed by atoms with van der Waals surface area (Å²) in [4.78, 5) is 14.5. The molecule has 27 heavy (non-hydrogen) atoms. The van der Waals surface area contributed by atoms with Crippen LogP contribution in [0.5, 0.6) is 11.5 Å². The van der Waals surface area contributed by atoms with E-state index < -0.39 is 0 Å². The second-order valence-corrected chi connectivity index (χ2v) is 6.83. The molecule has 0 spiro atoms. The summed E-state index contributed by atoms with van der Waals surface area (Å²) in [7, 11) is 1.56. The average molecular weight is 395 g/mol. The van der Waals surface area contributed by atoms with Crippen LogP contribution in [0.15, 0.2) is 28.8 Å². The Hall–Kier alpha value is -2.25. The molecule has 146 valence electrons. The fourth-order valence-electron chi connectivity index (χ4n) is 3.22. The maximum Gasteiger partial charge on any atom is 0.276 e. The van der Waals surface area contributed by atoms with Gasteiger partial charge in [0.2, 0.25) is 0 Å². The van der Waals surface area contributed by atoms with Crippen LogP contribution in [0.1, 0.15) is 41.9 Å². The number of rotatable bonds is 7. The van der Waals surface area contributed by atoms with Gasteiger partial charge >= 0.3 is 0 Å². The van der Waals surface area contributed by atoms with Gasteiger partial charge in [0.05, 0.1) is 12.1 Å². The molecule has 1 N–H and O–H groups in total. The van der Waals surface area contributed by atoms with Gasteiger partial charge in [0.25, 0.3) is 5.91 Å². The number of amides is 1. The van der Waals surface area contributed by atoms with Gasteiger partial charge in [-0.05, 0) is 37.8 Å². The van der Waals surface area contributed by atoms with Crippen LogP contribution in [-0.2, 0) is 6.61 Å². The number of hydrogen-bond acceptors (Lipinski definition) is 6. The first-order valence-electron chi connectivity index (χ1n) is 8.96. The quantitative estimate of drug-likeness (QED) is 0.775. The van der Waals surface area contributed by atoms with Crippen molar-refractivity contribution >= 4 is 17.5 Å². The fourth-order valence-corrected chi connectivity index (χ4v) is 3.45. The monoisotopic (exact) mass is 394 g/mol. The average Bonchev–Trinajstić information content (AvgIpc) is 3.16. The van der Waals surface area contributed by atoms with E-state index in [1.165, 1.54) is 0 Å². The van der Waals surface area contributed by atoms with Crippen molar-refractivity contribution in [3.8, 4) is 11.5 Å². The number of hydrogen-bond donors (Lipinski definition) is 1. The Morgan fingerprint density at radius 1 is 1.41 bits per heavy atom. The molecule has 0 unspecified atom stereocenters. The molecule has 7 nitrogen and oxygen atoms in total. The topological polar surface area (TPSA) is 85.0 Å². The van der Waals surface area contributed by atoms with Gasteiger partial charge in [-0.25, -0.2) is 0 Å². The van der Waals surface area contributed by atoms with Gasteiger partial charge in [-0.3, -0.25) is 4.79 Å². The summed E-state index contributed by atoms with van der Waals surface area (Å²) in [5, 5.41) is 13.5. The number of aromatic nitrogens is 1. The van der Waals surface area contributed by atoms with Crippen molar-refractivity contribution in [1.29, 1.82) is 0 Å². The lowest BCUT2D eigenvalue weighted by Crippen LogP contribution is -2.44. The molecular formula is C19H23ClN2O5. The number of piperidine rings is 1. The zero-order valence-corrected chi connectivity index (χ0v) is 15.9. The summed E-state index contributed by atoms with van der Waals surface area (Å²) in [6.07, 6.45) is 3.50. The van der Waals surface area contributed by atoms with Gasteiger partial charge in [0.1, 0.15) is 18.1 Å². The normalized spacial score (nSPS) is 17.0. The molecule has 0 radical (unpaired) electrons. The molecule has 1 fully saturated rings. The molecule has 1 atom stereocenters. The minimum Gasteiger partial charge on any atom is -0.497 e. The Balaban J connectivity index is 1.63. The smallest absolute Gasteiger partial charge is 0.276 e. The van der Waals surface area contributed by atoms with Crippen LogP contribution in [0.4, 0.5) is 0 Å². The second-order valence-electron chi connectivity index (χ2n) is 6.42. The van der Waals surface area contributed by atoms with Crippen LogP contribution in [0.3, 0.4) is 0 Å². The molecule has 8 heteroatoms. The van der Waals surface area contributed by atoms with Crippen molar-refractivity contribution in [3.63, 3.8) is 0 Å². The van der Waals surface area contributed by atoms with Crippen LogP contribution in [0.25, 0.3) is 0 Å². The molecular weight excluding hydrogens is 372 g/mol. The molecule has 1 aliphatic heterocycles. The summed E-state index contributed by atoms with van der Waals surface area (Å²) >= 11 is 6.14. The number of aliphatic hydroxyl groups excluding tert-OH is 1. The Bertz CT molecular complexity index is 777. The van der Waals surface area contributed by atoms with Gasteiger partial charge < -0.3 is 24.0 Å². The van der Waals surface area contributed by atoms with E-state index in [9.17, 15) is 9.90 Å². The third kappa shape index (κ3) is 4.73. The number of nitrogens with zero attached hydrogens (tertiary/aromatic N) is 2. The van der Waals surface area contributed by atoms with Crippen LogP contribution in [0.2, 0.25) is 5.02 Å². The van der Waals surface area contributed by atoms with E-state index in [0.717, 1.165) is 19.3 Å². The first-order valence-corrected chi connectivity index (χ1v) is 9.34. The maximum absolute atomic E-state index is 12.7. The van der Waals surface area contributed by atoms with Crippen molar-refractivity contribution in [2.75, 3.05) is 20.3 Å². The van der Waals surface area contributed by atoms with Gasteiger partial charge in [-0.1, -0.05) is 16.8 Å². The van der Waals surface area contributed by atoms with E-state index in [1.807, 2.05) is 0 Å². The molecule has 1 saturated heterocycles. The van der Waals surface area contributed by atoms with Crippen LogP contribution in [-0.4, -0.2) is 47.4 Å². The largest absolute Gasteiger partial charge is 0.497 e. The lowest BCUT2D eigenvalue weighted by atomic mass is 9.99. The van der Waals surface area contributed by atoms with E-state index >= 15 is 0 Å². The minimum absolute atomic E-state index is 0.0470. The highest BCUT2D eigenvalue weighted by molar-refractivity contribution is 6.32. The third-order valence-corrected chi connectivity index (χ3v) is 4.93. The predicted molar refractivity (Wildman–Crippen MR) is 99.2 cm³/mol. The van der Waals surface area contributed by atoms with E-state index in [4.69, 9.17) is 25.6 Å². The van der Waals surface area contributed by atoms with E-state index in [-0.39, 0.29) is 30.9 Å². The van der Waals surface area contributed by atoms with Crippen molar-refractivity contribution in [1.82, 2.24) is 10.1 Å². The number of ether oxygens (including phenoxy) is 2. The zero-order valence-electron chi connectivity index (χ0n) is 15.2. The van der Waals surface area contributed by atoms with Crippen LogP contribution >= 0.6 is 11.6 Å². The molecule has 2 heterocycles. The van der Waals surface area contributed by atoms with Crippen LogP contribution < -0.4 is 9.47 Å². The molecule has 2 aromatic rings. The Kier molecular flexibility index (Phi) is 6.58.